The number of nitrogens with one attached hydrogen (secondary N) is 1. The van der Waals surface area contributed by atoms with Crippen LogP contribution in [0.4, 0.5) is 0 Å². The minimum atomic E-state index is -0.0333. The Morgan fingerprint density at radius 1 is 1.30 bits per heavy atom. The Bertz CT molecular complexity index is 710. The van der Waals surface area contributed by atoms with E-state index in [0.717, 1.165) is 19.3 Å². The monoisotopic (exact) mass is 438 g/mol. The van der Waals surface area contributed by atoms with E-state index in [4.69, 9.17) is 25.8 Å². The maximum absolute atomic E-state index is 11.0. The van der Waals surface area contributed by atoms with Crippen molar-refractivity contribution in [3.63, 3.8) is 0 Å². The number of carbonyl (C=O) groups is 1. The molecule has 0 bridgehead atoms. The zero-order valence-corrected chi connectivity index (χ0v) is 19.3. The molecule has 30 heavy (non-hydrogen) atoms. The number of hydrogen-bond acceptors (Lipinski definition) is 5. The van der Waals surface area contributed by atoms with Crippen LogP contribution in [0, 0.1) is 17.8 Å². The molecule has 2 aliphatic rings. The number of amides is 1. The van der Waals surface area contributed by atoms with Gasteiger partial charge in [0.25, 0.3) is 0 Å². The van der Waals surface area contributed by atoms with Crippen molar-refractivity contribution in [2.45, 2.75) is 78.0 Å². The maximum atomic E-state index is 11.0. The van der Waals surface area contributed by atoms with E-state index in [-0.39, 0.29) is 24.2 Å². The SMILES string of the molecule is CC(=O)N[C@@H](C)COC1CC(COc2nccc(OC3C[C@@H](C)CC[C@@H]3C)c2Cl)C1. The molecule has 2 saturated carbocycles. The van der Waals surface area contributed by atoms with Crippen LogP contribution in [0.3, 0.4) is 0 Å². The Hall–Kier alpha value is -1.53. The summed E-state index contributed by atoms with van der Waals surface area (Å²) in [6.07, 6.45) is 7.50. The Balaban J connectivity index is 1.42. The summed E-state index contributed by atoms with van der Waals surface area (Å²) in [5, 5.41) is 3.28. The van der Waals surface area contributed by atoms with Crippen molar-refractivity contribution in [1.82, 2.24) is 10.3 Å². The Morgan fingerprint density at radius 3 is 2.80 bits per heavy atom. The van der Waals surface area contributed by atoms with E-state index >= 15 is 0 Å². The summed E-state index contributed by atoms with van der Waals surface area (Å²) in [6, 6.07) is 1.85. The highest BCUT2D eigenvalue weighted by Crippen LogP contribution is 2.38. The van der Waals surface area contributed by atoms with Gasteiger partial charge in [0, 0.05) is 25.2 Å². The molecule has 3 rings (SSSR count). The zero-order valence-electron chi connectivity index (χ0n) is 18.5. The van der Waals surface area contributed by atoms with Crippen molar-refractivity contribution in [3.8, 4) is 11.6 Å². The smallest absolute Gasteiger partial charge is 0.236 e. The molecular weight excluding hydrogens is 404 g/mol. The summed E-state index contributed by atoms with van der Waals surface area (Å²) < 4.78 is 18.0. The first-order valence-electron chi connectivity index (χ1n) is 11.1. The topological polar surface area (TPSA) is 69.7 Å². The standard InChI is InChI=1S/C23H35ClN2O4/c1-14-5-6-15(2)21(9-14)30-20-7-8-25-23(22(20)24)29-13-18-10-19(11-18)28-12-16(3)26-17(4)27/h7-8,14-16,18-19,21H,5-6,9-13H2,1-4H3,(H,26,27)/t14-,15-,16-,18?,19?,21?/m0/s1. The van der Waals surface area contributed by atoms with Gasteiger partial charge >= 0.3 is 0 Å². The summed E-state index contributed by atoms with van der Waals surface area (Å²) in [5.41, 5.74) is 0. The molecule has 2 fully saturated rings. The third kappa shape index (κ3) is 6.48. The van der Waals surface area contributed by atoms with Gasteiger partial charge in [-0.3, -0.25) is 4.79 Å². The van der Waals surface area contributed by atoms with Gasteiger partial charge in [0.05, 0.1) is 19.3 Å². The number of rotatable bonds is 9. The van der Waals surface area contributed by atoms with Gasteiger partial charge in [-0.1, -0.05) is 31.9 Å². The minimum Gasteiger partial charge on any atom is -0.488 e. The fraction of sp³-hybridized carbons (Fsp3) is 0.739. The number of ether oxygens (including phenoxy) is 3. The molecule has 0 aliphatic heterocycles. The Kier molecular flexibility index (Phi) is 8.23. The first-order valence-corrected chi connectivity index (χ1v) is 11.5. The Labute approximate surface area is 185 Å². The molecule has 1 unspecified atom stereocenters. The lowest BCUT2D eigenvalue weighted by atomic mass is 9.82. The second-order valence-electron chi connectivity index (χ2n) is 9.19. The van der Waals surface area contributed by atoms with Crippen LogP contribution in [0.25, 0.3) is 0 Å². The Morgan fingerprint density at radius 2 is 2.07 bits per heavy atom. The molecular formula is C23H35ClN2O4. The minimum absolute atomic E-state index is 0.0263. The van der Waals surface area contributed by atoms with Crippen LogP contribution in [-0.4, -0.2) is 42.4 Å². The van der Waals surface area contributed by atoms with Gasteiger partial charge in [-0.15, -0.1) is 0 Å². The van der Waals surface area contributed by atoms with Gasteiger partial charge in [0.1, 0.15) is 16.9 Å². The molecule has 0 saturated heterocycles. The average Bonchev–Trinajstić information content (AvgIpc) is 2.65. The first-order chi connectivity index (χ1) is 14.3. The van der Waals surface area contributed by atoms with Crippen LogP contribution in [0.1, 0.15) is 59.8 Å². The summed E-state index contributed by atoms with van der Waals surface area (Å²) in [6.45, 7) is 9.08. The number of halogens is 1. The molecule has 1 aromatic heterocycles. The summed E-state index contributed by atoms with van der Waals surface area (Å²) in [4.78, 5) is 15.3. The van der Waals surface area contributed by atoms with E-state index in [1.807, 2.05) is 13.0 Å². The fourth-order valence-electron chi connectivity index (χ4n) is 4.22. The maximum Gasteiger partial charge on any atom is 0.236 e. The van der Waals surface area contributed by atoms with Crippen molar-refractivity contribution < 1.29 is 19.0 Å². The number of nitrogens with zero attached hydrogens (tertiary/aromatic N) is 1. The molecule has 1 aromatic rings. The third-order valence-electron chi connectivity index (χ3n) is 6.16. The van der Waals surface area contributed by atoms with Gasteiger partial charge in [0.15, 0.2) is 0 Å². The summed E-state index contributed by atoms with van der Waals surface area (Å²) in [5.74, 6) is 2.69. The molecule has 0 aromatic carbocycles. The number of pyridine rings is 1. The van der Waals surface area contributed by atoms with E-state index in [0.29, 0.717) is 47.6 Å². The van der Waals surface area contributed by atoms with Crippen LogP contribution >= 0.6 is 11.6 Å². The predicted octanol–water partition coefficient (Wildman–Crippen LogP) is 4.64. The van der Waals surface area contributed by atoms with Crippen LogP contribution in [0.2, 0.25) is 5.02 Å². The van der Waals surface area contributed by atoms with Gasteiger partial charge in [0.2, 0.25) is 11.8 Å². The van der Waals surface area contributed by atoms with Crippen molar-refractivity contribution in [3.05, 3.63) is 17.3 Å². The van der Waals surface area contributed by atoms with E-state index in [2.05, 4.69) is 24.1 Å². The van der Waals surface area contributed by atoms with Gasteiger partial charge in [-0.2, -0.15) is 0 Å². The molecule has 6 nitrogen and oxygen atoms in total. The van der Waals surface area contributed by atoms with Crippen LogP contribution in [0.5, 0.6) is 11.6 Å². The number of hydrogen-bond donors (Lipinski definition) is 1. The quantitative estimate of drug-likeness (QED) is 0.608. The van der Waals surface area contributed by atoms with E-state index in [1.165, 1.54) is 19.8 Å². The van der Waals surface area contributed by atoms with Crippen molar-refractivity contribution >= 4 is 17.5 Å². The molecule has 0 radical (unpaired) electrons. The highest BCUT2D eigenvalue weighted by molar-refractivity contribution is 6.33. The fourth-order valence-corrected chi connectivity index (χ4v) is 4.43. The molecule has 4 atom stereocenters. The zero-order chi connectivity index (χ0) is 21.7. The van der Waals surface area contributed by atoms with Crippen molar-refractivity contribution in [1.29, 1.82) is 0 Å². The molecule has 0 spiro atoms. The lowest BCUT2D eigenvalue weighted by Crippen LogP contribution is -2.40. The lowest BCUT2D eigenvalue weighted by molar-refractivity contribution is -0.120. The third-order valence-corrected chi connectivity index (χ3v) is 6.51. The van der Waals surface area contributed by atoms with Gasteiger partial charge < -0.3 is 19.5 Å². The van der Waals surface area contributed by atoms with Gasteiger partial charge in [-0.25, -0.2) is 4.98 Å². The second-order valence-corrected chi connectivity index (χ2v) is 9.56. The summed E-state index contributed by atoms with van der Waals surface area (Å²) in [7, 11) is 0. The van der Waals surface area contributed by atoms with Crippen molar-refractivity contribution in [2.75, 3.05) is 13.2 Å². The lowest BCUT2D eigenvalue weighted by Gasteiger charge is -2.35. The average molecular weight is 439 g/mol. The number of aromatic nitrogens is 1. The van der Waals surface area contributed by atoms with Gasteiger partial charge in [-0.05, 0) is 50.4 Å². The van der Waals surface area contributed by atoms with Crippen LogP contribution in [-0.2, 0) is 9.53 Å². The predicted molar refractivity (Wildman–Crippen MR) is 117 cm³/mol. The second kappa shape index (κ2) is 10.7. The first kappa shape index (κ1) is 23.1. The molecule has 7 heteroatoms. The highest BCUT2D eigenvalue weighted by atomic mass is 35.5. The molecule has 168 valence electrons. The number of carbonyl (C=O) groups excluding carboxylic acids is 1. The van der Waals surface area contributed by atoms with E-state index < -0.39 is 0 Å². The molecule has 1 N–H and O–H groups in total. The molecule has 1 amide bonds. The normalized spacial score (nSPS) is 29.6. The van der Waals surface area contributed by atoms with E-state index in [9.17, 15) is 4.79 Å². The summed E-state index contributed by atoms with van der Waals surface area (Å²) >= 11 is 6.54. The van der Waals surface area contributed by atoms with Crippen molar-refractivity contribution in [2.24, 2.45) is 17.8 Å². The van der Waals surface area contributed by atoms with Crippen LogP contribution in [0.15, 0.2) is 12.3 Å². The van der Waals surface area contributed by atoms with E-state index in [1.54, 1.807) is 6.20 Å². The molecule has 1 heterocycles. The highest BCUT2D eigenvalue weighted by Gasteiger charge is 2.32. The van der Waals surface area contributed by atoms with Crippen LogP contribution < -0.4 is 14.8 Å². The molecule has 2 aliphatic carbocycles. The largest absolute Gasteiger partial charge is 0.488 e.